The molecule has 120 valence electrons. The lowest BCUT2D eigenvalue weighted by molar-refractivity contribution is -0.122. The first-order valence-electron chi connectivity index (χ1n) is 8.13. The average molecular weight is 322 g/mol. The Kier molecular flexibility index (Phi) is 5.01. The van der Waals surface area contributed by atoms with Gasteiger partial charge in [0.25, 0.3) is 0 Å². The monoisotopic (exact) mass is 321 g/mol. The van der Waals surface area contributed by atoms with E-state index in [1.165, 1.54) is 5.56 Å². The highest BCUT2D eigenvalue weighted by Crippen LogP contribution is 2.27. The van der Waals surface area contributed by atoms with Crippen LogP contribution in [-0.4, -0.2) is 54.5 Å². The Morgan fingerprint density at radius 1 is 1.27 bits per heavy atom. The van der Waals surface area contributed by atoms with E-state index in [9.17, 15) is 4.79 Å². The molecule has 1 saturated heterocycles. The molecule has 1 aliphatic carbocycles. The number of carbonyl (C=O) groups excluding carboxylic acids is 1. The highest BCUT2D eigenvalue weighted by molar-refractivity contribution is 6.31. The first kappa shape index (κ1) is 15.8. The highest BCUT2D eigenvalue weighted by Gasteiger charge is 2.26. The van der Waals surface area contributed by atoms with Gasteiger partial charge in [-0.1, -0.05) is 29.8 Å². The molecule has 1 N–H and O–H groups in total. The van der Waals surface area contributed by atoms with Gasteiger partial charge in [0.2, 0.25) is 5.91 Å². The van der Waals surface area contributed by atoms with E-state index in [1.807, 2.05) is 18.2 Å². The molecular formula is C17H24ClN3O. The number of amides is 1. The molecule has 0 aromatic heterocycles. The van der Waals surface area contributed by atoms with E-state index in [4.69, 9.17) is 11.6 Å². The van der Waals surface area contributed by atoms with Crippen molar-refractivity contribution >= 4 is 17.5 Å². The highest BCUT2D eigenvalue weighted by atomic mass is 35.5. The first-order chi connectivity index (χ1) is 10.6. The van der Waals surface area contributed by atoms with Crippen molar-refractivity contribution < 1.29 is 4.79 Å². The summed E-state index contributed by atoms with van der Waals surface area (Å²) in [7, 11) is 0. The van der Waals surface area contributed by atoms with Crippen LogP contribution in [0.5, 0.6) is 0 Å². The van der Waals surface area contributed by atoms with Crippen molar-refractivity contribution in [1.29, 1.82) is 0 Å². The van der Waals surface area contributed by atoms with Crippen molar-refractivity contribution in [2.45, 2.75) is 31.8 Å². The van der Waals surface area contributed by atoms with Gasteiger partial charge in [-0.15, -0.1) is 0 Å². The molecule has 2 fully saturated rings. The smallest absolute Gasteiger partial charge is 0.234 e. The van der Waals surface area contributed by atoms with Crippen LogP contribution in [0.15, 0.2) is 24.3 Å². The predicted octanol–water partition coefficient (Wildman–Crippen LogP) is 2.30. The maximum atomic E-state index is 11.9. The second kappa shape index (κ2) is 6.99. The average Bonchev–Trinajstić information content (AvgIpc) is 3.31. The van der Waals surface area contributed by atoms with Crippen LogP contribution < -0.4 is 5.32 Å². The zero-order valence-electron chi connectivity index (χ0n) is 13.1. The quantitative estimate of drug-likeness (QED) is 0.904. The molecule has 1 saturated carbocycles. The standard InChI is InChI=1S/C17H24ClN3O/c1-13(15-4-2-3-5-16(15)18)21-10-8-20(9-11-21)12-17(22)19-14-6-7-14/h2-5,13-14H,6-12H2,1H3,(H,19,22). The molecule has 0 radical (unpaired) electrons. The van der Waals surface area contributed by atoms with Crippen LogP contribution in [0, 0.1) is 0 Å². The molecule has 0 spiro atoms. The maximum absolute atomic E-state index is 11.9. The largest absolute Gasteiger partial charge is 0.352 e. The summed E-state index contributed by atoms with van der Waals surface area (Å²) >= 11 is 6.30. The van der Waals surface area contributed by atoms with Gasteiger partial charge in [-0.3, -0.25) is 14.6 Å². The SMILES string of the molecule is CC(c1ccccc1Cl)N1CCN(CC(=O)NC2CC2)CC1. The summed E-state index contributed by atoms with van der Waals surface area (Å²) in [4.78, 5) is 16.5. The third-order valence-corrected chi connectivity index (χ3v) is 4.96. The maximum Gasteiger partial charge on any atom is 0.234 e. The molecule has 22 heavy (non-hydrogen) atoms. The molecular weight excluding hydrogens is 298 g/mol. The number of piperazine rings is 1. The summed E-state index contributed by atoms with van der Waals surface area (Å²) in [6, 6.07) is 8.82. The van der Waals surface area contributed by atoms with Crippen molar-refractivity contribution in [1.82, 2.24) is 15.1 Å². The number of benzene rings is 1. The van der Waals surface area contributed by atoms with Crippen molar-refractivity contribution in [3.8, 4) is 0 Å². The van der Waals surface area contributed by atoms with Crippen LogP contribution in [0.25, 0.3) is 0 Å². The van der Waals surface area contributed by atoms with E-state index < -0.39 is 0 Å². The van der Waals surface area contributed by atoms with Gasteiger partial charge < -0.3 is 5.32 Å². The van der Waals surface area contributed by atoms with E-state index in [0.717, 1.165) is 44.0 Å². The van der Waals surface area contributed by atoms with Gasteiger partial charge in [0.15, 0.2) is 0 Å². The van der Waals surface area contributed by atoms with Crippen molar-refractivity contribution in [2.24, 2.45) is 0 Å². The molecule has 4 nitrogen and oxygen atoms in total. The number of halogens is 1. The molecule has 0 bridgehead atoms. The Labute approximate surface area is 137 Å². The minimum Gasteiger partial charge on any atom is -0.352 e. The number of nitrogens with zero attached hydrogens (tertiary/aromatic N) is 2. The third kappa shape index (κ3) is 4.00. The van der Waals surface area contributed by atoms with Gasteiger partial charge in [0.05, 0.1) is 6.54 Å². The summed E-state index contributed by atoms with van der Waals surface area (Å²) in [5.74, 6) is 0.176. The molecule has 3 rings (SSSR count). The van der Waals surface area contributed by atoms with Gasteiger partial charge in [0.1, 0.15) is 0 Å². The number of carbonyl (C=O) groups is 1. The summed E-state index contributed by atoms with van der Waals surface area (Å²) in [6.07, 6.45) is 2.30. The number of rotatable bonds is 5. The van der Waals surface area contributed by atoms with Crippen molar-refractivity contribution in [3.63, 3.8) is 0 Å². The van der Waals surface area contributed by atoms with Crippen molar-refractivity contribution in [2.75, 3.05) is 32.7 Å². The van der Waals surface area contributed by atoms with E-state index in [0.29, 0.717) is 18.6 Å². The fourth-order valence-corrected chi connectivity index (χ4v) is 3.32. The molecule has 1 amide bonds. The van der Waals surface area contributed by atoms with Crippen LogP contribution in [0.3, 0.4) is 0 Å². The summed E-state index contributed by atoms with van der Waals surface area (Å²) in [5, 5.41) is 3.89. The zero-order chi connectivity index (χ0) is 15.5. The third-order valence-electron chi connectivity index (χ3n) is 4.62. The fraction of sp³-hybridized carbons (Fsp3) is 0.588. The van der Waals surface area contributed by atoms with E-state index in [1.54, 1.807) is 0 Å². The summed E-state index contributed by atoms with van der Waals surface area (Å²) in [6.45, 7) is 6.56. The Balaban J connectivity index is 1.48. The molecule has 1 aliphatic heterocycles. The summed E-state index contributed by atoms with van der Waals surface area (Å²) in [5.41, 5.74) is 1.18. The van der Waals surface area contributed by atoms with E-state index in [2.05, 4.69) is 28.1 Å². The fourth-order valence-electron chi connectivity index (χ4n) is 3.02. The minimum atomic E-state index is 0.176. The molecule has 1 atom stereocenters. The normalized spacial score (nSPS) is 21.5. The van der Waals surface area contributed by atoms with Crippen LogP contribution >= 0.6 is 11.6 Å². The zero-order valence-corrected chi connectivity index (χ0v) is 13.9. The van der Waals surface area contributed by atoms with Crippen LogP contribution in [-0.2, 0) is 4.79 Å². The second-order valence-corrected chi connectivity index (χ2v) is 6.76. The molecule has 1 aromatic rings. The van der Waals surface area contributed by atoms with E-state index >= 15 is 0 Å². The van der Waals surface area contributed by atoms with E-state index in [-0.39, 0.29) is 5.91 Å². The number of hydrogen-bond donors (Lipinski definition) is 1. The summed E-state index contributed by atoms with van der Waals surface area (Å²) < 4.78 is 0. The molecule has 1 heterocycles. The van der Waals surface area contributed by atoms with Gasteiger partial charge in [-0.25, -0.2) is 0 Å². The van der Waals surface area contributed by atoms with Crippen molar-refractivity contribution in [3.05, 3.63) is 34.9 Å². The second-order valence-electron chi connectivity index (χ2n) is 6.35. The lowest BCUT2D eigenvalue weighted by atomic mass is 10.1. The van der Waals surface area contributed by atoms with Gasteiger partial charge >= 0.3 is 0 Å². The molecule has 1 aromatic carbocycles. The molecule has 5 heteroatoms. The number of nitrogens with one attached hydrogen (secondary N) is 1. The first-order valence-corrected chi connectivity index (χ1v) is 8.51. The Morgan fingerprint density at radius 2 is 1.95 bits per heavy atom. The van der Waals surface area contributed by atoms with Gasteiger partial charge in [0, 0.05) is 43.3 Å². The van der Waals surface area contributed by atoms with Gasteiger partial charge in [-0.2, -0.15) is 0 Å². The Hall–Kier alpha value is -1.10. The van der Waals surface area contributed by atoms with Crippen LogP contribution in [0.2, 0.25) is 5.02 Å². The Morgan fingerprint density at radius 3 is 2.59 bits per heavy atom. The number of hydrogen-bond acceptors (Lipinski definition) is 3. The minimum absolute atomic E-state index is 0.176. The van der Waals surface area contributed by atoms with Gasteiger partial charge in [-0.05, 0) is 31.4 Å². The topological polar surface area (TPSA) is 35.6 Å². The predicted molar refractivity (Wildman–Crippen MR) is 89.0 cm³/mol. The molecule has 2 aliphatic rings. The molecule has 1 unspecified atom stereocenters. The lowest BCUT2D eigenvalue weighted by Crippen LogP contribution is -2.50. The van der Waals surface area contributed by atoms with Crippen LogP contribution in [0.4, 0.5) is 0 Å². The Bertz CT molecular complexity index is 524. The van der Waals surface area contributed by atoms with Crippen LogP contribution in [0.1, 0.15) is 31.4 Å². The lowest BCUT2D eigenvalue weighted by Gasteiger charge is -2.38.